The highest BCUT2D eigenvalue weighted by Gasteiger charge is 2.19. The molecule has 0 bridgehead atoms. The minimum absolute atomic E-state index is 0.0301. The molecule has 0 spiro atoms. The van der Waals surface area contributed by atoms with Gasteiger partial charge in [-0.2, -0.15) is 5.10 Å². The van der Waals surface area contributed by atoms with Gasteiger partial charge in [-0.25, -0.2) is 4.68 Å². The van der Waals surface area contributed by atoms with E-state index in [2.05, 4.69) is 22.1 Å². The molecule has 0 unspecified atom stereocenters. The molecular formula is C12H12N4O2. The lowest BCUT2D eigenvalue weighted by molar-refractivity contribution is -0.385. The number of aromatic nitrogens is 2. The topological polar surface area (TPSA) is 64.2 Å². The van der Waals surface area contributed by atoms with Crippen LogP contribution in [0.15, 0.2) is 36.7 Å². The minimum atomic E-state index is -0.429. The van der Waals surface area contributed by atoms with Crippen molar-refractivity contribution in [1.82, 2.24) is 9.78 Å². The molecule has 0 fully saturated rings. The molecule has 6 heteroatoms. The average Bonchev–Trinajstić information content (AvgIpc) is 2.98. The van der Waals surface area contributed by atoms with Crippen molar-refractivity contribution in [2.45, 2.75) is 13.1 Å². The van der Waals surface area contributed by atoms with E-state index in [4.69, 9.17) is 0 Å². The Hall–Kier alpha value is -2.37. The number of para-hydroxylation sites is 1. The van der Waals surface area contributed by atoms with Crippen molar-refractivity contribution < 1.29 is 4.92 Å². The molecule has 0 aliphatic carbocycles. The van der Waals surface area contributed by atoms with E-state index in [1.165, 1.54) is 23.6 Å². The summed E-state index contributed by atoms with van der Waals surface area (Å²) in [5.41, 5.74) is 2.54. The van der Waals surface area contributed by atoms with Crippen LogP contribution in [-0.2, 0) is 13.1 Å². The molecule has 18 heavy (non-hydrogen) atoms. The number of rotatable bonds is 3. The van der Waals surface area contributed by atoms with Crippen LogP contribution < -0.4 is 4.90 Å². The molecule has 0 N–H and O–H groups in total. The van der Waals surface area contributed by atoms with Crippen molar-refractivity contribution in [3.05, 3.63) is 52.3 Å². The van der Waals surface area contributed by atoms with E-state index in [9.17, 15) is 10.1 Å². The normalized spacial score (nSPS) is 13.7. The van der Waals surface area contributed by atoms with Crippen molar-refractivity contribution in [3.8, 4) is 0 Å². The first-order valence-corrected chi connectivity index (χ1v) is 5.74. The Bertz CT molecular complexity index is 593. The summed E-state index contributed by atoms with van der Waals surface area (Å²) in [6.45, 7) is 1.47. The Kier molecular flexibility index (Phi) is 2.47. The van der Waals surface area contributed by atoms with E-state index in [1.54, 1.807) is 4.68 Å². The first-order chi connectivity index (χ1) is 8.74. The number of hydrogen-bond donors (Lipinski definition) is 0. The zero-order valence-electron chi connectivity index (χ0n) is 9.69. The molecule has 0 saturated carbocycles. The fourth-order valence-corrected chi connectivity index (χ4v) is 2.25. The molecule has 0 radical (unpaired) electrons. The van der Waals surface area contributed by atoms with Crippen LogP contribution in [-0.4, -0.2) is 21.2 Å². The summed E-state index contributed by atoms with van der Waals surface area (Å²) in [6, 6.07) is 8.21. The van der Waals surface area contributed by atoms with Crippen molar-refractivity contribution in [2.75, 3.05) is 11.4 Å². The second-order valence-electron chi connectivity index (χ2n) is 4.28. The van der Waals surface area contributed by atoms with Crippen LogP contribution in [0.1, 0.15) is 5.56 Å². The highest BCUT2D eigenvalue weighted by atomic mass is 16.6. The van der Waals surface area contributed by atoms with Crippen LogP contribution in [0.2, 0.25) is 0 Å². The van der Waals surface area contributed by atoms with E-state index in [1.807, 2.05) is 12.1 Å². The van der Waals surface area contributed by atoms with Crippen LogP contribution in [0.3, 0.4) is 0 Å². The van der Waals surface area contributed by atoms with Crippen molar-refractivity contribution in [3.63, 3.8) is 0 Å². The zero-order valence-corrected chi connectivity index (χ0v) is 9.69. The van der Waals surface area contributed by atoms with Crippen molar-refractivity contribution in [2.24, 2.45) is 0 Å². The number of nitro groups is 1. The third-order valence-corrected chi connectivity index (χ3v) is 3.13. The van der Waals surface area contributed by atoms with E-state index >= 15 is 0 Å². The monoisotopic (exact) mass is 244 g/mol. The average molecular weight is 244 g/mol. The lowest BCUT2D eigenvalue weighted by Crippen LogP contribution is -2.24. The maximum Gasteiger partial charge on any atom is 0.307 e. The summed E-state index contributed by atoms with van der Waals surface area (Å²) in [7, 11) is 0. The van der Waals surface area contributed by atoms with Gasteiger partial charge in [0.1, 0.15) is 19.1 Å². The molecular weight excluding hydrogens is 232 g/mol. The number of nitrogens with zero attached hydrogens (tertiary/aromatic N) is 4. The zero-order chi connectivity index (χ0) is 12.5. The Balaban J connectivity index is 1.80. The maximum atomic E-state index is 10.6. The van der Waals surface area contributed by atoms with Gasteiger partial charge >= 0.3 is 5.69 Å². The molecule has 2 aromatic rings. The first-order valence-electron chi connectivity index (χ1n) is 5.74. The highest BCUT2D eigenvalue weighted by Crippen LogP contribution is 2.27. The van der Waals surface area contributed by atoms with E-state index in [0.717, 1.165) is 13.0 Å². The summed E-state index contributed by atoms with van der Waals surface area (Å²) in [5, 5.41) is 14.6. The quantitative estimate of drug-likeness (QED) is 0.610. The van der Waals surface area contributed by atoms with Gasteiger partial charge < -0.3 is 4.90 Å². The van der Waals surface area contributed by atoms with Gasteiger partial charge in [-0.15, -0.1) is 0 Å². The van der Waals surface area contributed by atoms with Crippen LogP contribution in [0.5, 0.6) is 0 Å². The largest absolute Gasteiger partial charge is 0.352 e. The molecule has 1 aliphatic heterocycles. The Labute approximate surface area is 104 Å². The number of hydrogen-bond acceptors (Lipinski definition) is 4. The maximum absolute atomic E-state index is 10.6. The van der Waals surface area contributed by atoms with Gasteiger partial charge in [-0.05, 0) is 18.1 Å². The van der Waals surface area contributed by atoms with Gasteiger partial charge in [-0.1, -0.05) is 18.2 Å². The molecule has 0 atom stereocenters. The minimum Gasteiger partial charge on any atom is -0.352 e. The first kappa shape index (κ1) is 10.8. The molecule has 3 rings (SSSR count). The number of benzene rings is 1. The van der Waals surface area contributed by atoms with Gasteiger partial charge in [0.05, 0.1) is 4.92 Å². The summed E-state index contributed by atoms with van der Waals surface area (Å²) < 4.78 is 1.60. The summed E-state index contributed by atoms with van der Waals surface area (Å²) in [4.78, 5) is 12.3. The summed E-state index contributed by atoms with van der Waals surface area (Å²) >= 11 is 0. The molecule has 1 aromatic heterocycles. The molecule has 0 saturated heterocycles. The second kappa shape index (κ2) is 4.14. The summed E-state index contributed by atoms with van der Waals surface area (Å²) in [5.74, 6) is 0. The van der Waals surface area contributed by atoms with E-state index in [-0.39, 0.29) is 5.69 Å². The van der Waals surface area contributed by atoms with Crippen molar-refractivity contribution >= 4 is 11.4 Å². The van der Waals surface area contributed by atoms with Gasteiger partial charge in [0.2, 0.25) is 0 Å². The molecule has 6 nitrogen and oxygen atoms in total. The van der Waals surface area contributed by atoms with E-state index < -0.39 is 4.92 Å². The molecule has 92 valence electrons. The lowest BCUT2D eigenvalue weighted by Gasteiger charge is -2.18. The van der Waals surface area contributed by atoms with Gasteiger partial charge in [0.25, 0.3) is 0 Å². The predicted octanol–water partition coefficient (Wildman–Crippen LogP) is 1.81. The van der Waals surface area contributed by atoms with Gasteiger partial charge in [0, 0.05) is 12.2 Å². The smallest absolute Gasteiger partial charge is 0.307 e. The van der Waals surface area contributed by atoms with Crippen LogP contribution in [0.25, 0.3) is 0 Å². The number of anilines is 1. The van der Waals surface area contributed by atoms with Gasteiger partial charge in [-0.3, -0.25) is 10.1 Å². The predicted molar refractivity (Wildman–Crippen MR) is 66.4 cm³/mol. The Morgan fingerprint density at radius 2 is 2.22 bits per heavy atom. The number of fused-ring (bicyclic) bond motifs is 1. The third-order valence-electron chi connectivity index (χ3n) is 3.13. The van der Waals surface area contributed by atoms with Crippen molar-refractivity contribution in [1.29, 1.82) is 0 Å². The fraction of sp³-hybridized carbons (Fsp3) is 0.250. The highest BCUT2D eigenvalue weighted by molar-refractivity contribution is 5.57. The summed E-state index contributed by atoms with van der Waals surface area (Å²) in [6.07, 6.45) is 3.75. The molecule has 1 aromatic carbocycles. The second-order valence-corrected chi connectivity index (χ2v) is 4.28. The van der Waals surface area contributed by atoms with E-state index in [0.29, 0.717) is 6.67 Å². The Morgan fingerprint density at radius 3 is 3.00 bits per heavy atom. The standard InChI is InChI=1S/C12H12N4O2/c17-16(18)11-7-13-15(8-11)9-14-6-5-10-3-1-2-4-12(10)14/h1-4,7-8H,5-6,9H2. The van der Waals surface area contributed by atoms with Gasteiger partial charge in [0.15, 0.2) is 0 Å². The molecule has 1 aliphatic rings. The fourth-order valence-electron chi connectivity index (χ4n) is 2.25. The lowest BCUT2D eigenvalue weighted by atomic mass is 10.2. The van der Waals surface area contributed by atoms with Crippen LogP contribution in [0, 0.1) is 10.1 Å². The third kappa shape index (κ3) is 1.81. The van der Waals surface area contributed by atoms with Crippen LogP contribution >= 0.6 is 0 Å². The van der Waals surface area contributed by atoms with Crippen LogP contribution in [0.4, 0.5) is 11.4 Å². The Morgan fingerprint density at radius 1 is 1.39 bits per heavy atom. The molecule has 0 amide bonds. The molecule has 2 heterocycles. The SMILES string of the molecule is O=[N+]([O-])c1cnn(CN2CCc3ccccc32)c1.